The molecule has 1 nitrogen and oxygen atoms in total. The van der Waals surface area contributed by atoms with Gasteiger partial charge in [-0.25, -0.2) is 0 Å². The molecule has 0 atom stereocenters. The Morgan fingerprint density at radius 1 is 1.06 bits per heavy atom. The fraction of sp³-hybridized carbons (Fsp3) is 0.0667. The lowest BCUT2D eigenvalue weighted by atomic mass is 10.1. The zero-order valence-corrected chi connectivity index (χ0v) is 9.10. The average molecular weight is 208 g/mol. The Balaban J connectivity index is 2.35. The van der Waals surface area contributed by atoms with Crippen molar-refractivity contribution in [2.24, 2.45) is 0 Å². The van der Waals surface area contributed by atoms with Gasteiger partial charge >= 0.3 is 0 Å². The van der Waals surface area contributed by atoms with Gasteiger partial charge in [-0.15, -0.1) is 6.42 Å². The van der Waals surface area contributed by atoms with Crippen LogP contribution in [0.3, 0.4) is 0 Å². The molecule has 0 aliphatic carbocycles. The highest BCUT2D eigenvalue weighted by Gasteiger charge is 2.02. The minimum atomic E-state index is 0.730. The summed E-state index contributed by atoms with van der Waals surface area (Å²) in [5, 5.41) is 0. The SMILES string of the molecule is C#Cc1ccc(C)cc1Oc1ccccc1. The van der Waals surface area contributed by atoms with E-state index >= 15 is 0 Å². The first-order valence-electron chi connectivity index (χ1n) is 5.10. The molecule has 0 aliphatic rings. The predicted molar refractivity (Wildman–Crippen MR) is 65.6 cm³/mol. The topological polar surface area (TPSA) is 9.23 Å². The highest BCUT2D eigenvalue weighted by Crippen LogP contribution is 2.25. The van der Waals surface area contributed by atoms with E-state index < -0.39 is 0 Å². The maximum absolute atomic E-state index is 5.74. The molecule has 0 saturated heterocycles. The van der Waals surface area contributed by atoms with Crippen molar-refractivity contribution in [1.29, 1.82) is 0 Å². The van der Waals surface area contributed by atoms with Gasteiger partial charge in [0, 0.05) is 0 Å². The third-order valence-electron chi connectivity index (χ3n) is 2.26. The van der Waals surface area contributed by atoms with Gasteiger partial charge in [0.1, 0.15) is 11.5 Å². The summed E-state index contributed by atoms with van der Waals surface area (Å²) in [6.07, 6.45) is 5.42. The molecule has 2 aromatic carbocycles. The van der Waals surface area contributed by atoms with Crippen molar-refractivity contribution in [3.05, 3.63) is 59.7 Å². The summed E-state index contributed by atoms with van der Waals surface area (Å²) in [4.78, 5) is 0. The zero-order chi connectivity index (χ0) is 11.4. The molecule has 0 aromatic heterocycles. The lowest BCUT2D eigenvalue weighted by Gasteiger charge is -2.08. The molecule has 0 N–H and O–H groups in total. The first-order valence-corrected chi connectivity index (χ1v) is 5.10. The molecule has 0 bridgehead atoms. The lowest BCUT2D eigenvalue weighted by molar-refractivity contribution is 0.481. The number of hydrogen-bond donors (Lipinski definition) is 0. The number of benzene rings is 2. The molecule has 2 aromatic rings. The van der Waals surface area contributed by atoms with E-state index in [1.165, 1.54) is 0 Å². The van der Waals surface area contributed by atoms with Crippen LogP contribution in [-0.2, 0) is 0 Å². The molecular weight excluding hydrogens is 196 g/mol. The molecule has 0 heterocycles. The van der Waals surface area contributed by atoms with Crippen LogP contribution in [0, 0.1) is 19.3 Å². The van der Waals surface area contributed by atoms with Crippen molar-refractivity contribution in [3.63, 3.8) is 0 Å². The van der Waals surface area contributed by atoms with Crippen molar-refractivity contribution < 1.29 is 4.74 Å². The Kier molecular flexibility index (Phi) is 2.93. The monoisotopic (exact) mass is 208 g/mol. The normalized spacial score (nSPS) is 9.50. The standard InChI is InChI=1S/C15H12O/c1-3-13-10-9-12(2)11-15(13)16-14-7-5-4-6-8-14/h1,4-11H,2H3. The largest absolute Gasteiger partial charge is 0.456 e. The second-order valence-electron chi connectivity index (χ2n) is 3.56. The van der Waals surface area contributed by atoms with Crippen molar-refractivity contribution >= 4 is 0 Å². The first kappa shape index (κ1) is 10.3. The molecule has 0 fully saturated rings. The zero-order valence-electron chi connectivity index (χ0n) is 9.10. The number of aryl methyl sites for hydroxylation is 1. The molecule has 0 aliphatic heterocycles. The van der Waals surface area contributed by atoms with Crippen LogP contribution in [0.4, 0.5) is 0 Å². The Morgan fingerprint density at radius 3 is 2.50 bits per heavy atom. The van der Waals surface area contributed by atoms with Crippen molar-refractivity contribution in [2.45, 2.75) is 6.92 Å². The Bertz CT molecular complexity index is 521. The molecule has 0 unspecified atom stereocenters. The van der Waals surface area contributed by atoms with E-state index in [0.29, 0.717) is 0 Å². The van der Waals surface area contributed by atoms with E-state index in [1.54, 1.807) is 0 Å². The van der Waals surface area contributed by atoms with Gasteiger partial charge in [0.25, 0.3) is 0 Å². The van der Waals surface area contributed by atoms with Crippen LogP contribution >= 0.6 is 0 Å². The van der Waals surface area contributed by atoms with Crippen LogP contribution in [0.15, 0.2) is 48.5 Å². The first-order chi connectivity index (χ1) is 7.79. The van der Waals surface area contributed by atoms with E-state index in [2.05, 4.69) is 5.92 Å². The quantitative estimate of drug-likeness (QED) is 0.683. The molecule has 0 spiro atoms. The number of para-hydroxylation sites is 1. The summed E-state index contributed by atoms with van der Waals surface area (Å²) in [6, 6.07) is 15.4. The summed E-state index contributed by atoms with van der Waals surface area (Å²) >= 11 is 0. The molecule has 78 valence electrons. The smallest absolute Gasteiger partial charge is 0.143 e. The minimum Gasteiger partial charge on any atom is -0.456 e. The highest BCUT2D eigenvalue weighted by molar-refractivity contribution is 5.48. The summed E-state index contributed by atoms with van der Waals surface area (Å²) in [6.45, 7) is 2.01. The van der Waals surface area contributed by atoms with E-state index in [9.17, 15) is 0 Å². The number of hydrogen-bond acceptors (Lipinski definition) is 1. The maximum Gasteiger partial charge on any atom is 0.143 e. The fourth-order valence-electron chi connectivity index (χ4n) is 1.45. The van der Waals surface area contributed by atoms with E-state index in [1.807, 2.05) is 55.5 Å². The Labute approximate surface area is 95.7 Å². The summed E-state index contributed by atoms with van der Waals surface area (Å²) in [7, 11) is 0. The van der Waals surface area contributed by atoms with Crippen LogP contribution in [0.25, 0.3) is 0 Å². The van der Waals surface area contributed by atoms with Gasteiger partial charge in [-0.3, -0.25) is 0 Å². The van der Waals surface area contributed by atoms with E-state index in [-0.39, 0.29) is 0 Å². The molecule has 0 radical (unpaired) electrons. The van der Waals surface area contributed by atoms with E-state index in [4.69, 9.17) is 11.2 Å². The van der Waals surface area contributed by atoms with Gasteiger partial charge in [-0.05, 0) is 36.8 Å². The van der Waals surface area contributed by atoms with Gasteiger partial charge < -0.3 is 4.74 Å². The summed E-state index contributed by atoms with van der Waals surface area (Å²) < 4.78 is 5.74. The van der Waals surface area contributed by atoms with Crippen LogP contribution in [0.5, 0.6) is 11.5 Å². The van der Waals surface area contributed by atoms with Crippen LogP contribution in [0.2, 0.25) is 0 Å². The number of ether oxygens (including phenoxy) is 1. The lowest BCUT2D eigenvalue weighted by Crippen LogP contribution is -1.88. The third-order valence-corrected chi connectivity index (χ3v) is 2.26. The Morgan fingerprint density at radius 2 is 1.81 bits per heavy atom. The van der Waals surface area contributed by atoms with Gasteiger partial charge in [0.15, 0.2) is 0 Å². The molecule has 2 rings (SSSR count). The summed E-state index contributed by atoms with van der Waals surface area (Å²) in [5.74, 6) is 4.14. The van der Waals surface area contributed by atoms with Gasteiger partial charge in [0.05, 0.1) is 5.56 Å². The highest BCUT2D eigenvalue weighted by atomic mass is 16.5. The van der Waals surface area contributed by atoms with E-state index in [0.717, 1.165) is 22.6 Å². The van der Waals surface area contributed by atoms with Crippen molar-refractivity contribution in [3.8, 4) is 23.8 Å². The number of rotatable bonds is 2. The summed E-state index contributed by atoms with van der Waals surface area (Å²) in [5.41, 5.74) is 1.90. The van der Waals surface area contributed by atoms with Gasteiger partial charge in [0.2, 0.25) is 0 Å². The van der Waals surface area contributed by atoms with Crippen LogP contribution < -0.4 is 4.74 Å². The number of terminal acetylenes is 1. The van der Waals surface area contributed by atoms with Gasteiger partial charge in [-0.2, -0.15) is 0 Å². The van der Waals surface area contributed by atoms with Crippen molar-refractivity contribution in [2.75, 3.05) is 0 Å². The molecule has 0 saturated carbocycles. The Hall–Kier alpha value is -2.20. The van der Waals surface area contributed by atoms with Crippen LogP contribution in [-0.4, -0.2) is 0 Å². The van der Waals surface area contributed by atoms with Gasteiger partial charge in [-0.1, -0.05) is 30.2 Å². The van der Waals surface area contributed by atoms with Crippen molar-refractivity contribution in [1.82, 2.24) is 0 Å². The van der Waals surface area contributed by atoms with Crippen LogP contribution in [0.1, 0.15) is 11.1 Å². The molecular formula is C15H12O. The predicted octanol–water partition coefficient (Wildman–Crippen LogP) is 3.77. The molecule has 1 heteroatoms. The average Bonchev–Trinajstić information content (AvgIpc) is 2.31. The second-order valence-corrected chi connectivity index (χ2v) is 3.56. The molecule has 0 amide bonds. The molecule has 16 heavy (non-hydrogen) atoms. The second kappa shape index (κ2) is 4.55. The maximum atomic E-state index is 5.74. The third kappa shape index (κ3) is 2.24. The minimum absolute atomic E-state index is 0.730. The fourth-order valence-corrected chi connectivity index (χ4v) is 1.45.